The van der Waals surface area contributed by atoms with Gasteiger partial charge >= 0.3 is 0 Å². The standard InChI is InChI=1S/C18H24N8O2S/c1-13(2)26-10-18(23-12-26)29(27,28)24-7-6-20-15-9-17(22-11-21-15)25-16-8-14(3)4-5-19-16/h4-5,8-13,24H,6-7H2,1-3H3,(H2,19,20,21,22,25). The van der Waals surface area contributed by atoms with E-state index in [2.05, 4.69) is 35.3 Å². The summed E-state index contributed by atoms with van der Waals surface area (Å²) in [5, 5.41) is 6.18. The van der Waals surface area contributed by atoms with Crippen LogP contribution in [0.25, 0.3) is 0 Å². The Bertz CT molecular complexity index is 1060. The summed E-state index contributed by atoms with van der Waals surface area (Å²) in [5.74, 6) is 1.84. The number of pyridine rings is 1. The second-order valence-corrected chi connectivity index (χ2v) is 8.42. The van der Waals surface area contributed by atoms with Crippen molar-refractivity contribution in [3.63, 3.8) is 0 Å². The lowest BCUT2D eigenvalue weighted by Gasteiger charge is -2.09. The van der Waals surface area contributed by atoms with Gasteiger partial charge in [-0.05, 0) is 38.5 Å². The molecule has 0 amide bonds. The molecule has 3 N–H and O–H groups in total. The van der Waals surface area contributed by atoms with Crippen molar-refractivity contribution in [1.82, 2.24) is 29.2 Å². The molecule has 0 aromatic carbocycles. The van der Waals surface area contributed by atoms with Gasteiger partial charge in [-0.1, -0.05) is 0 Å². The maximum atomic E-state index is 12.3. The van der Waals surface area contributed by atoms with Gasteiger partial charge in [-0.15, -0.1) is 0 Å². The van der Waals surface area contributed by atoms with Gasteiger partial charge in [0.25, 0.3) is 10.0 Å². The van der Waals surface area contributed by atoms with Crippen molar-refractivity contribution >= 4 is 27.5 Å². The molecule has 0 radical (unpaired) electrons. The van der Waals surface area contributed by atoms with Gasteiger partial charge in [0, 0.05) is 37.6 Å². The lowest BCUT2D eigenvalue weighted by molar-refractivity contribution is 0.577. The third-order valence-electron chi connectivity index (χ3n) is 4.01. The molecule has 3 aromatic heterocycles. The second kappa shape index (κ2) is 8.97. The molecule has 10 nitrogen and oxygen atoms in total. The minimum Gasteiger partial charge on any atom is -0.369 e. The zero-order chi connectivity index (χ0) is 20.9. The molecule has 11 heteroatoms. The first-order valence-electron chi connectivity index (χ1n) is 9.12. The minimum absolute atomic E-state index is 0.00498. The van der Waals surface area contributed by atoms with Crippen molar-refractivity contribution in [2.75, 3.05) is 23.7 Å². The van der Waals surface area contributed by atoms with Crippen LogP contribution in [0.4, 0.5) is 17.5 Å². The van der Waals surface area contributed by atoms with Crippen molar-refractivity contribution in [3.05, 3.63) is 48.8 Å². The highest BCUT2D eigenvalue weighted by atomic mass is 32.2. The van der Waals surface area contributed by atoms with Crippen LogP contribution < -0.4 is 15.4 Å². The molecular formula is C18H24N8O2S. The van der Waals surface area contributed by atoms with Crippen molar-refractivity contribution in [2.45, 2.75) is 31.8 Å². The second-order valence-electron chi connectivity index (χ2n) is 6.71. The Morgan fingerprint density at radius 3 is 2.52 bits per heavy atom. The first-order valence-corrected chi connectivity index (χ1v) is 10.6. The third-order valence-corrected chi connectivity index (χ3v) is 5.36. The Kier molecular flexibility index (Phi) is 6.39. The molecule has 154 valence electrons. The summed E-state index contributed by atoms with van der Waals surface area (Å²) in [6.07, 6.45) is 6.16. The summed E-state index contributed by atoms with van der Waals surface area (Å²) in [5.41, 5.74) is 1.08. The van der Waals surface area contributed by atoms with Crippen molar-refractivity contribution in [3.8, 4) is 0 Å². The molecule has 0 bridgehead atoms. The Balaban J connectivity index is 1.52. The molecule has 0 aliphatic carbocycles. The SMILES string of the molecule is Cc1ccnc(Nc2cc(NCCNS(=O)(=O)c3cn(C(C)C)cn3)ncn2)c1. The topological polar surface area (TPSA) is 127 Å². The van der Waals surface area contributed by atoms with E-state index in [0.29, 0.717) is 24.0 Å². The summed E-state index contributed by atoms with van der Waals surface area (Å²) in [6.45, 7) is 6.42. The van der Waals surface area contributed by atoms with Crippen LogP contribution in [0.2, 0.25) is 0 Å². The zero-order valence-electron chi connectivity index (χ0n) is 16.5. The van der Waals surface area contributed by atoms with Gasteiger partial charge in [0.05, 0.1) is 6.33 Å². The van der Waals surface area contributed by atoms with Crippen LogP contribution >= 0.6 is 0 Å². The van der Waals surface area contributed by atoms with Crippen LogP contribution in [0.1, 0.15) is 25.5 Å². The average Bonchev–Trinajstić information content (AvgIpc) is 3.17. The smallest absolute Gasteiger partial charge is 0.259 e. The van der Waals surface area contributed by atoms with Crippen LogP contribution in [-0.4, -0.2) is 46.0 Å². The molecule has 0 aliphatic rings. The number of rotatable bonds is 9. The Morgan fingerprint density at radius 2 is 1.79 bits per heavy atom. The van der Waals surface area contributed by atoms with Crippen LogP contribution in [-0.2, 0) is 10.0 Å². The lowest BCUT2D eigenvalue weighted by Crippen LogP contribution is -2.29. The summed E-state index contributed by atoms with van der Waals surface area (Å²) in [4.78, 5) is 16.5. The summed E-state index contributed by atoms with van der Waals surface area (Å²) < 4.78 is 28.9. The van der Waals surface area contributed by atoms with E-state index in [1.54, 1.807) is 16.8 Å². The first kappa shape index (κ1) is 20.7. The predicted molar refractivity (Wildman–Crippen MR) is 111 cm³/mol. The van der Waals surface area contributed by atoms with Gasteiger partial charge in [0.2, 0.25) is 0 Å². The predicted octanol–water partition coefficient (Wildman–Crippen LogP) is 2.09. The number of imidazole rings is 1. The van der Waals surface area contributed by atoms with Crippen molar-refractivity contribution < 1.29 is 8.42 Å². The summed E-state index contributed by atoms with van der Waals surface area (Å²) in [6, 6.07) is 5.68. The fraction of sp³-hybridized carbons (Fsp3) is 0.333. The molecule has 0 aliphatic heterocycles. The Morgan fingerprint density at radius 1 is 1.03 bits per heavy atom. The van der Waals surface area contributed by atoms with E-state index in [0.717, 1.165) is 5.56 Å². The molecule has 0 spiro atoms. The van der Waals surface area contributed by atoms with Crippen LogP contribution in [0.3, 0.4) is 0 Å². The van der Waals surface area contributed by atoms with Crippen molar-refractivity contribution in [2.24, 2.45) is 0 Å². The van der Waals surface area contributed by atoms with Gasteiger partial charge < -0.3 is 15.2 Å². The number of anilines is 3. The monoisotopic (exact) mass is 416 g/mol. The Hall–Kier alpha value is -3.05. The number of aryl methyl sites for hydroxylation is 1. The molecule has 3 heterocycles. The average molecular weight is 417 g/mol. The van der Waals surface area contributed by atoms with E-state index in [1.165, 1.54) is 18.9 Å². The van der Waals surface area contributed by atoms with E-state index >= 15 is 0 Å². The fourth-order valence-electron chi connectivity index (χ4n) is 2.45. The van der Waals surface area contributed by atoms with E-state index in [9.17, 15) is 8.42 Å². The molecule has 29 heavy (non-hydrogen) atoms. The molecule has 0 unspecified atom stereocenters. The maximum Gasteiger partial charge on any atom is 0.259 e. The highest BCUT2D eigenvalue weighted by molar-refractivity contribution is 7.89. The molecule has 0 saturated heterocycles. The van der Waals surface area contributed by atoms with Gasteiger partial charge in [-0.25, -0.2) is 33.1 Å². The Labute approximate surface area is 169 Å². The maximum absolute atomic E-state index is 12.3. The normalized spacial score (nSPS) is 11.6. The summed E-state index contributed by atoms with van der Waals surface area (Å²) in [7, 11) is -3.66. The largest absolute Gasteiger partial charge is 0.369 e. The fourth-order valence-corrected chi connectivity index (χ4v) is 3.41. The quantitative estimate of drug-likeness (QED) is 0.453. The molecule has 3 rings (SSSR count). The summed E-state index contributed by atoms with van der Waals surface area (Å²) >= 11 is 0. The van der Waals surface area contributed by atoms with Gasteiger partial charge in [0.15, 0.2) is 5.03 Å². The number of nitrogens with zero attached hydrogens (tertiary/aromatic N) is 5. The van der Waals surface area contributed by atoms with E-state index < -0.39 is 10.0 Å². The molecule has 3 aromatic rings. The minimum atomic E-state index is -3.66. The molecule has 0 fully saturated rings. The highest BCUT2D eigenvalue weighted by Gasteiger charge is 2.17. The molecule has 0 atom stereocenters. The molecular weight excluding hydrogens is 392 g/mol. The number of nitrogens with one attached hydrogen (secondary N) is 3. The van der Waals surface area contributed by atoms with E-state index in [-0.39, 0.29) is 17.6 Å². The van der Waals surface area contributed by atoms with Gasteiger partial charge in [-0.2, -0.15) is 0 Å². The lowest BCUT2D eigenvalue weighted by atomic mass is 10.3. The number of hydrogen-bond donors (Lipinski definition) is 3. The van der Waals surface area contributed by atoms with Gasteiger partial charge in [-0.3, -0.25) is 0 Å². The van der Waals surface area contributed by atoms with E-state index in [1.807, 2.05) is 32.9 Å². The highest BCUT2D eigenvalue weighted by Crippen LogP contribution is 2.15. The number of sulfonamides is 1. The van der Waals surface area contributed by atoms with Gasteiger partial charge in [0.1, 0.15) is 23.8 Å². The number of hydrogen-bond acceptors (Lipinski definition) is 8. The van der Waals surface area contributed by atoms with Crippen LogP contribution in [0, 0.1) is 6.92 Å². The zero-order valence-corrected chi connectivity index (χ0v) is 17.3. The van der Waals surface area contributed by atoms with E-state index in [4.69, 9.17) is 0 Å². The van der Waals surface area contributed by atoms with Crippen LogP contribution in [0.5, 0.6) is 0 Å². The first-order chi connectivity index (χ1) is 13.8. The van der Waals surface area contributed by atoms with Crippen molar-refractivity contribution in [1.29, 1.82) is 0 Å². The third kappa shape index (κ3) is 5.72. The van der Waals surface area contributed by atoms with Crippen LogP contribution in [0.15, 0.2) is 48.3 Å². The number of aromatic nitrogens is 5. The molecule has 0 saturated carbocycles.